The quantitative estimate of drug-likeness (QED) is 0.411. The van der Waals surface area contributed by atoms with E-state index in [0.29, 0.717) is 22.3 Å². The van der Waals surface area contributed by atoms with E-state index >= 15 is 0 Å². The molecule has 30 heavy (non-hydrogen) atoms. The van der Waals surface area contributed by atoms with Crippen molar-refractivity contribution in [3.05, 3.63) is 53.6 Å². The minimum absolute atomic E-state index is 0.0505. The van der Waals surface area contributed by atoms with Crippen LogP contribution in [0.15, 0.2) is 58.7 Å². The lowest BCUT2D eigenvalue weighted by Crippen LogP contribution is -2.61. The first-order chi connectivity index (χ1) is 14.4. The molecule has 1 fully saturated rings. The number of aliphatic hydroxyl groups is 1. The first-order valence-electron chi connectivity index (χ1n) is 9.59. The van der Waals surface area contributed by atoms with E-state index in [2.05, 4.69) is 16.7 Å². The van der Waals surface area contributed by atoms with Gasteiger partial charge in [0, 0.05) is 23.9 Å². The Labute approximate surface area is 178 Å². The summed E-state index contributed by atoms with van der Waals surface area (Å²) in [6.45, 7) is 5.20. The van der Waals surface area contributed by atoms with Crippen molar-refractivity contribution in [3.63, 3.8) is 0 Å². The van der Waals surface area contributed by atoms with E-state index in [9.17, 15) is 14.7 Å². The van der Waals surface area contributed by atoms with Gasteiger partial charge in [0.15, 0.2) is 11.0 Å². The Bertz CT molecular complexity index is 1030. The Morgan fingerprint density at radius 3 is 2.83 bits per heavy atom. The molecule has 0 saturated carbocycles. The molecule has 1 aromatic carbocycles. The number of ether oxygens (including phenoxy) is 1. The normalized spacial score (nSPS) is 21.3. The maximum absolute atomic E-state index is 12.7. The first-order valence-corrected chi connectivity index (χ1v) is 10.4. The van der Waals surface area contributed by atoms with Crippen LogP contribution in [0.25, 0.3) is 11.4 Å². The van der Waals surface area contributed by atoms with Crippen molar-refractivity contribution in [1.82, 2.24) is 19.7 Å². The van der Waals surface area contributed by atoms with Gasteiger partial charge in [-0.25, -0.2) is 14.5 Å². The van der Waals surface area contributed by atoms with Crippen LogP contribution >= 0.6 is 11.8 Å². The Hall–Kier alpha value is -2.91. The molecule has 2 aromatic rings. The molecule has 8 nitrogen and oxygen atoms in total. The number of aromatic nitrogens is 3. The molecule has 3 heterocycles. The zero-order valence-corrected chi connectivity index (χ0v) is 17.5. The van der Waals surface area contributed by atoms with E-state index in [1.54, 1.807) is 18.7 Å². The monoisotopic (exact) mass is 426 g/mol. The molecular formula is C21H22N4O4S. The number of hydrogen-bond acceptors (Lipinski definition) is 7. The molecule has 2 aliphatic heterocycles. The third-order valence-corrected chi connectivity index (χ3v) is 6.33. The van der Waals surface area contributed by atoms with Gasteiger partial charge >= 0.3 is 5.97 Å². The number of amides is 1. The summed E-state index contributed by atoms with van der Waals surface area (Å²) in [7, 11) is 1.78. The third kappa shape index (κ3) is 3.44. The van der Waals surface area contributed by atoms with Crippen LogP contribution in [0.4, 0.5) is 0 Å². The Balaban J connectivity index is 1.65. The van der Waals surface area contributed by atoms with Crippen LogP contribution in [0, 0.1) is 5.92 Å². The molecule has 4 rings (SSSR count). The smallest absolute Gasteiger partial charge is 0.356 e. The van der Waals surface area contributed by atoms with Crippen molar-refractivity contribution in [2.45, 2.75) is 30.6 Å². The highest BCUT2D eigenvalue weighted by atomic mass is 32.2. The number of thioether (sulfide) groups is 1. The second-order valence-corrected chi connectivity index (χ2v) is 8.28. The summed E-state index contributed by atoms with van der Waals surface area (Å²) in [4.78, 5) is 32.0. The highest BCUT2D eigenvalue weighted by Gasteiger charge is 2.57. The van der Waals surface area contributed by atoms with E-state index in [-0.39, 0.29) is 24.3 Å². The largest absolute Gasteiger partial charge is 0.457 e. The van der Waals surface area contributed by atoms with Gasteiger partial charge in [-0.15, -0.1) is 0 Å². The van der Waals surface area contributed by atoms with Gasteiger partial charge < -0.3 is 14.7 Å². The molecule has 2 aliphatic rings. The summed E-state index contributed by atoms with van der Waals surface area (Å²) >= 11 is 1.29. The average Bonchev–Trinajstić information content (AvgIpc) is 3.25. The van der Waals surface area contributed by atoms with Gasteiger partial charge in [0.2, 0.25) is 5.91 Å². The zero-order chi connectivity index (χ0) is 21.4. The fourth-order valence-electron chi connectivity index (χ4n) is 3.79. The van der Waals surface area contributed by atoms with Gasteiger partial charge in [-0.05, 0) is 6.92 Å². The van der Waals surface area contributed by atoms with E-state index in [0.717, 1.165) is 5.56 Å². The number of aliphatic hydroxyl groups excluding tert-OH is 1. The van der Waals surface area contributed by atoms with Gasteiger partial charge in [-0.1, -0.05) is 54.7 Å². The lowest BCUT2D eigenvalue weighted by Gasteiger charge is -2.44. The molecule has 1 amide bonds. The van der Waals surface area contributed by atoms with Crippen LogP contribution in [-0.2, 0) is 21.4 Å². The maximum atomic E-state index is 12.7. The van der Waals surface area contributed by atoms with Gasteiger partial charge in [0.1, 0.15) is 12.3 Å². The summed E-state index contributed by atoms with van der Waals surface area (Å²) in [5.41, 5.74) is 1.11. The molecule has 0 radical (unpaired) electrons. The Morgan fingerprint density at radius 1 is 1.43 bits per heavy atom. The Morgan fingerprint density at radius 2 is 2.17 bits per heavy atom. The van der Waals surface area contributed by atoms with Crippen molar-refractivity contribution >= 4 is 23.6 Å². The van der Waals surface area contributed by atoms with Gasteiger partial charge in [0.05, 0.1) is 18.1 Å². The van der Waals surface area contributed by atoms with Crippen molar-refractivity contribution in [3.8, 4) is 11.4 Å². The summed E-state index contributed by atoms with van der Waals surface area (Å²) in [6, 6.07) is 9.35. The van der Waals surface area contributed by atoms with Crippen LogP contribution < -0.4 is 0 Å². The standard InChI is InChI=1S/C21H22N4O4S/c1-4-10-29-20(28)17-15(11-14-16(12(2)26)19(27)25(14)17)30-21-22-18(23-24(21)3)13-8-6-5-7-9-13/h4-9,12,14,16,26H,1,10-11H2,2-3H3/t12-,14-,16-/m1/s1. The molecule has 156 valence electrons. The van der Waals surface area contributed by atoms with Crippen LogP contribution in [-0.4, -0.2) is 55.4 Å². The maximum Gasteiger partial charge on any atom is 0.356 e. The molecule has 1 aromatic heterocycles. The molecule has 0 spiro atoms. The van der Waals surface area contributed by atoms with E-state index in [1.165, 1.54) is 22.7 Å². The second kappa shape index (κ2) is 8.08. The third-order valence-electron chi connectivity index (χ3n) is 5.18. The van der Waals surface area contributed by atoms with Crippen molar-refractivity contribution in [1.29, 1.82) is 0 Å². The van der Waals surface area contributed by atoms with Crippen LogP contribution in [0.3, 0.4) is 0 Å². The molecule has 0 unspecified atom stereocenters. The molecule has 1 saturated heterocycles. The zero-order valence-electron chi connectivity index (χ0n) is 16.7. The van der Waals surface area contributed by atoms with Crippen LogP contribution in [0.1, 0.15) is 13.3 Å². The predicted molar refractivity (Wildman–Crippen MR) is 111 cm³/mol. The number of nitrogens with zero attached hydrogens (tertiary/aromatic N) is 4. The lowest BCUT2D eigenvalue weighted by atomic mass is 9.83. The molecule has 0 aliphatic carbocycles. The lowest BCUT2D eigenvalue weighted by molar-refractivity contribution is -0.162. The number of esters is 1. The highest BCUT2D eigenvalue weighted by Crippen LogP contribution is 2.48. The molecule has 3 atom stereocenters. The van der Waals surface area contributed by atoms with Crippen molar-refractivity contribution < 1.29 is 19.4 Å². The molecular weight excluding hydrogens is 404 g/mol. The Kier molecular flexibility index (Phi) is 5.48. The fourth-order valence-corrected chi connectivity index (χ4v) is 4.85. The highest BCUT2D eigenvalue weighted by molar-refractivity contribution is 8.03. The summed E-state index contributed by atoms with van der Waals surface area (Å²) in [5.74, 6) is -0.789. The molecule has 0 bridgehead atoms. The number of hydrogen-bond donors (Lipinski definition) is 1. The topological polar surface area (TPSA) is 97.5 Å². The number of β-lactam (4-membered cyclic amide) rings is 1. The van der Waals surface area contributed by atoms with Gasteiger partial charge in [-0.2, -0.15) is 5.10 Å². The number of aryl methyl sites for hydroxylation is 1. The minimum Gasteiger partial charge on any atom is -0.457 e. The molecule has 9 heteroatoms. The minimum atomic E-state index is -0.784. The fraction of sp³-hybridized carbons (Fsp3) is 0.333. The van der Waals surface area contributed by atoms with Gasteiger partial charge in [0.25, 0.3) is 0 Å². The number of carbonyl (C=O) groups is 2. The average molecular weight is 426 g/mol. The number of carbonyl (C=O) groups excluding carboxylic acids is 2. The van der Waals surface area contributed by atoms with Crippen molar-refractivity contribution in [2.24, 2.45) is 13.0 Å². The molecule has 1 N–H and O–H groups in total. The summed E-state index contributed by atoms with van der Waals surface area (Å²) in [5, 5.41) is 15.0. The number of fused-ring (bicyclic) bond motifs is 1. The van der Waals surface area contributed by atoms with Crippen LogP contribution in [0.2, 0.25) is 0 Å². The summed E-state index contributed by atoms with van der Waals surface area (Å²) < 4.78 is 6.87. The first kappa shape index (κ1) is 20.4. The SMILES string of the molecule is C=CCOC(=O)C1=C(Sc2nc(-c3ccccc3)nn2C)C[C@@H]2[C@@H]([C@@H](C)O)C(=O)N12. The van der Waals surface area contributed by atoms with Gasteiger partial charge in [-0.3, -0.25) is 4.79 Å². The second-order valence-electron chi connectivity index (χ2n) is 7.21. The van der Waals surface area contributed by atoms with Crippen molar-refractivity contribution in [2.75, 3.05) is 6.61 Å². The van der Waals surface area contributed by atoms with Crippen LogP contribution in [0.5, 0.6) is 0 Å². The van der Waals surface area contributed by atoms with E-state index in [4.69, 9.17) is 4.74 Å². The summed E-state index contributed by atoms with van der Waals surface area (Å²) in [6.07, 6.45) is 1.15. The predicted octanol–water partition coefficient (Wildman–Crippen LogP) is 2.13. The van der Waals surface area contributed by atoms with E-state index < -0.39 is 18.0 Å². The van der Waals surface area contributed by atoms with E-state index in [1.807, 2.05) is 30.3 Å². The number of rotatable bonds is 7. The number of benzene rings is 1.